The number of hydrogen-bond donors (Lipinski definition) is 3. The van der Waals surface area contributed by atoms with Crippen LogP contribution >= 0.6 is 11.6 Å². The SMILES string of the molecule is CC.CC.CC.CCOC(=O)COc1ccc(C(=O)NCC(C)(O)c2cc(C(C)(C)NC(=O)OC(C)(C)C)cc(-c3ccc(F)c(Cl)c3)n2)cc1OC. The van der Waals surface area contributed by atoms with Crippen molar-refractivity contribution in [2.75, 3.05) is 26.9 Å². The Hall–Kier alpha value is -4.42. The first kappa shape index (κ1) is 48.6. The molecule has 296 valence electrons. The average Bonchev–Trinajstić information content (AvgIpc) is 3.12. The Morgan fingerprint density at radius 2 is 1.51 bits per heavy atom. The number of alkyl carbamates (subject to hydrolysis) is 1. The number of pyridine rings is 1. The number of esters is 1. The molecule has 1 unspecified atom stereocenters. The maximum absolute atomic E-state index is 14.0. The van der Waals surface area contributed by atoms with Crippen molar-refractivity contribution in [2.24, 2.45) is 0 Å². The summed E-state index contributed by atoms with van der Waals surface area (Å²) < 4.78 is 35.1. The number of carbonyl (C=O) groups is 3. The average molecular weight is 764 g/mol. The van der Waals surface area contributed by atoms with E-state index in [0.717, 1.165) is 0 Å². The van der Waals surface area contributed by atoms with Crippen LogP contribution in [0.25, 0.3) is 11.3 Å². The van der Waals surface area contributed by atoms with Gasteiger partial charge in [-0.3, -0.25) is 4.79 Å². The van der Waals surface area contributed by atoms with Crippen LogP contribution in [0.5, 0.6) is 11.5 Å². The van der Waals surface area contributed by atoms with E-state index in [1.807, 2.05) is 41.5 Å². The summed E-state index contributed by atoms with van der Waals surface area (Å²) in [5, 5.41) is 17.1. The number of amides is 2. The molecule has 2 amide bonds. The second-order valence-electron chi connectivity index (χ2n) is 12.4. The van der Waals surface area contributed by atoms with Gasteiger partial charge in [0.25, 0.3) is 5.91 Å². The van der Waals surface area contributed by atoms with Crippen LogP contribution < -0.4 is 20.1 Å². The van der Waals surface area contributed by atoms with E-state index in [1.54, 1.807) is 53.7 Å². The number of halogens is 2. The number of hydrogen-bond acceptors (Lipinski definition) is 9. The third-order valence-electron chi connectivity index (χ3n) is 6.80. The Morgan fingerprint density at radius 3 is 2.06 bits per heavy atom. The van der Waals surface area contributed by atoms with Gasteiger partial charge in [-0.2, -0.15) is 0 Å². The van der Waals surface area contributed by atoms with Crippen LogP contribution in [-0.4, -0.2) is 60.5 Å². The van der Waals surface area contributed by atoms with Gasteiger partial charge in [0.2, 0.25) is 0 Å². The van der Waals surface area contributed by atoms with Crippen LogP contribution in [-0.2, 0) is 25.4 Å². The first-order valence-corrected chi connectivity index (χ1v) is 18.2. The van der Waals surface area contributed by atoms with E-state index < -0.39 is 40.5 Å². The molecule has 0 saturated carbocycles. The van der Waals surface area contributed by atoms with E-state index in [1.165, 1.54) is 50.4 Å². The standard InChI is InChI=1S/C34H41ClFN3O8.3C2H6/c1-9-45-29(40)18-46-26-13-11-21(15-27(26)44-8)30(41)37-19-34(7,43)28-17-22(33(5,6)39-31(42)47-32(2,3)4)16-25(38-28)20-10-12-24(36)23(35)14-20;3*1-2/h10-17,43H,9,18-19H2,1-8H3,(H,37,41)(H,39,42);3*1-2H3. The summed E-state index contributed by atoms with van der Waals surface area (Å²) >= 11 is 6.06. The van der Waals surface area contributed by atoms with E-state index in [9.17, 15) is 23.9 Å². The quantitative estimate of drug-likeness (QED) is 0.154. The van der Waals surface area contributed by atoms with Gasteiger partial charge < -0.3 is 34.7 Å². The molecular weight excluding hydrogens is 705 g/mol. The summed E-state index contributed by atoms with van der Waals surface area (Å²) in [5.74, 6) is -1.24. The number of nitrogens with one attached hydrogen (secondary N) is 2. The molecule has 0 bridgehead atoms. The zero-order chi connectivity index (χ0) is 41.2. The molecule has 1 heterocycles. The van der Waals surface area contributed by atoms with Crippen molar-refractivity contribution >= 4 is 29.6 Å². The maximum Gasteiger partial charge on any atom is 0.408 e. The minimum absolute atomic E-state index is 0.117. The van der Waals surface area contributed by atoms with Crippen LogP contribution in [0.3, 0.4) is 0 Å². The fourth-order valence-corrected chi connectivity index (χ4v) is 4.49. The van der Waals surface area contributed by atoms with E-state index in [0.29, 0.717) is 16.8 Å². The Kier molecular flexibility index (Phi) is 20.7. The molecule has 1 aromatic heterocycles. The Bertz CT molecular complexity index is 1620. The van der Waals surface area contributed by atoms with Crippen molar-refractivity contribution in [3.8, 4) is 22.8 Å². The summed E-state index contributed by atoms with van der Waals surface area (Å²) in [4.78, 5) is 42.1. The lowest BCUT2D eigenvalue weighted by molar-refractivity contribution is -0.145. The third kappa shape index (κ3) is 15.6. The van der Waals surface area contributed by atoms with Gasteiger partial charge in [0.1, 0.15) is 17.0 Å². The van der Waals surface area contributed by atoms with E-state index in [-0.39, 0.29) is 47.5 Å². The molecule has 2 aromatic carbocycles. The smallest absolute Gasteiger partial charge is 0.408 e. The molecule has 3 aromatic rings. The first-order chi connectivity index (χ1) is 24.8. The van der Waals surface area contributed by atoms with Crippen LogP contribution in [0.1, 0.15) is 112 Å². The van der Waals surface area contributed by atoms with E-state index in [2.05, 4.69) is 15.6 Å². The highest BCUT2D eigenvalue weighted by Crippen LogP contribution is 2.32. The topological polar surface area (TPSA) is 145 Å². The zero-order valence-corrected chi connectivity index (χ0v) is 34.5. The highest BCUT2D eigenvalue weighted by atomic mass is 35.5. The summed E-state index contributed by atoms with van der Waals surface area (Å²) in [6, 6.07) is 11.8. The molecule has 0 radical (unpaired) electrons. The second kappa shape index (κ2) is 22.6. The highest BCUT2D eigenvalue weighted by Gasteiger charge is 2.32. The van der Waals surface area contributed by atoms with Crippen molar-refractivity contribution in [1.82, 2.24) is 15.6 Å². The molecule has 0 aliphatic heterocycles. The molecular formula is C40H59ClFN3O8. The molecule has 3 rings (SSSR count). The van der Waals surface area contributed by atoms with Gasteiger partial charge >= 0.3 is 12.1 Å². The van der Waals surface area contributed by atoms with Crippen LogP contribution in [0.4, 0.5) is 9.18 Å². The fraction of sp³-hybridized carbons (Fsp3) is 0.500. The first-order valence-electron chi connectivity index (χ1n) is 17.8. The predicted octanol–water partition coefficient (Wildman–Crippen LogP) is 8.97. The number of aromatic nitrogens is 1. The largest absolute Gasteiger partial charge is 0.493 e. The van der Waals surface area contributed by atoms with Crippen LogP contribution in [0, 0.1) is 5.82 Å². The summed E-state index contributed by atoms with van der Waals surface area (Å²) in [6.07, 6.45) is -0.654. The zero-order valence-electron chi connectivity index (χ0n) is 33.7. The number of carbonyl (C=O) groups excluding carboxylic acids is 3. The molecule has 0 aliphatic carbocycles. The van der Waals surface area contributed by atoms with Gasteiger partial charge in [-0.25, -0.2) is 19.0 Å². The summed E-state index contributed by atoms with van der Waals surface area (Å²) in [5.41, 5.74) is -1.78. The fourth-order valence-electron chi connectivity index (χ4n) is 4.31. The molecule has 13 heteroatoms. The van der Waals surface area contributed by atoms with Crippen molar-refractivity contribution < 1.29 is 42.8 Å². The van der Waals surface area contributed by atoms with Crippen molar-refractivity contribution in [2.45, 2.75) is 107 Å². The third-order valence-corrected chi connectivity index (χ3v) is 7.09. The lowest BCUT2D eigenvalue weighted by Gasteiger charge is -2.31. The van der Waals surface area contributed by atoms with Gasteiger partial charge in [-0.15, -0.1) is 0 Å². The van der Waals surface area contributed by atoms with E-state index in [4.69, 9.17) is 30.5 Å². The van der Waals surface area contributed by atoms with Crippen molar-refractivity contribution in [3.63, 3.8) is 0 Å². The van der Waals surface area contributed by atoms with Crippen molar-refractivity contribution in [1.29, 1.82) is 0 Å². The molecule has 0 spiro atoms. The molecule has 0 aliphatic rings. The molecule has 1 atom stereocenters. The van der Waals surface area contributed by atoms with Gasteiger partial charge in [-0.1, -0.05) is 53.1 Å². The number of rotatable bonds is 12. The molecule has 0 saturated heterocycles. The lowest BCUT2D eigenvalue weighted by atomic mass is 9.89. The number of ether oxygens (including phenoxy) is 4. The lowest BCUT2D eigenvalue weighted by Crippen LogP contribution is -2.44. The molecule has 11 nitrogen and oxygen atoms in total. The minimum atomic E-state index is -1.72. The Balaban J connectivity index is 0.00000428. The molecule has 53 heavy (non-hydrogen) atoms. The number of methoxy groups -OCH3 is 1. The normalized spacial score (nSPS) is 11.7. The van der Waals surface area contributed by atoms with Gasteiger partial charge in [0.15, 0.2) is 18.1 Å². The number of benzene rings is 2. The number of nitrogens with zero attached hydrogens (tertiary/aromatic N) is 1. The van der Waals surface area contributed by atoms with Crippen LogP contribution in [0.2, 0.25) is 5.02 Å². The monoisotopic (exact) mass is 763 g/mol. The van der Waals surface area contributed by atoms with Gasteiger partial charge in [0.05, 0.1) is 42.2 Å². The van der Waals surface area contributed by atoms with Crippen LogP contribution in [0.15, 0.2) is 48.5 Å². The molecule has 3 N–H and O–H groups in total. The predicted molar refractivity (Wildman–Crippen MR) is 208 cm³/mol. The van der Waals surface area contributed by atoms with Gasteiger partial charge in [-0.05, 0) is 103 Å². The van der Waals surface area contributed by atoms with Gasteiger partial charge in [0, 0.05) is 11.1 Å². The highest BCUT2D eigenvalue weighted by molar-refractivity contribution is 6.31. The Labute approximate surface area is 319 Å². The summed E-state index contributed by atoms with van der Waals surface area (Å²) in [7, 11) is 1.39. The number of aliphatic hydroxyl groups is 1. The summed E-state index contributed by atoms with van der Waals surface area (Å²) in [6.45, 7) is 23.5. The minimum Gasteiger partial charge on any atom is -0.493 e. The molecule has 0 fully saturated rings. The Morgan fingerprint density at radius 1 is 0.887 bits per heavy atom. The second-order valence-corrected chi connectivity index (χ2v) is 12.8. The van der Waals surface area contributed by atoms with Crippen molar-refractivity contribution in [3.05, 3.63) is 76.2 Å². The van der Waals surface area contributed by atoms with E-state index >= 15 is 0 Å². The maximum atomic E-state index is 14.0.